The highest BCUT2D eigenvalue weighted by molar-refractivity contribution is 5.47. The van der Waals surface area contributed by atoms with Crippen LogP contribution in [0.3, 0.4) is 0 Å². The summed E-state index contributed by atoms with van der Waals surface area (Å²) in [5.41, 5.74) is 8.05. The Hall–Kier alpha value is -1.06. The van der Waals surface area contributed by atoms with Crippen molar-refractivity contribution in [1.82, 2.24) is 4.90 Å². The van der Waals surface area contributed by atoms with Crippen LogP contribution in [0, 0.1) is 0 Å². The molecule has 0 unspecified atom stereocenters. The largest absolute Gasteiger partial charge is 0.371 e. The van der Waals surface area contributed by atoms with Crippen molar-refractivity contribution in [3.8, 4) is 0 Å². The Morgan fingerprint density at radius 2 is 1.69 bits per heavy atom. The number of hydrogen-bond donors (Lipinski definition) is 1. The van der Waals surface area contributed by atoms with E-state index in [2.05, 4.69) is 55.1 Å². The number of benzene rings is 1. The van der Waals surface area contributed by atoms with Crippen LogP contribution in [0.25, 0.3) is 0 Å². The van der Waals surface area contributed by atoms with E-state index < -0.39 is 0 Å². The van der Waals surface area contributed by atoms with E-state index in [1.807, 2.05) is 0 Å². The maximum Gasteiger partial charge on any atom is 0.0366 e. The number of nitrogens with zero attached hydrogens (tertiary/aromatic N) is 2. The van der Waals surface area contributed by atoms with E-state index >= 15 is 0 Å². The Labute approximate surface area is 98.8 Å². The van der Waals surface area contributed by atoms with Gasteiger partial charge in [0.15, 0.2) is 0 Å². The normalized spacial score (nSPS) is 10.8. The van der Waals surface area contributed by atoms with Gasteiger partial charge in [-0.1, -0.05) is 12.1 Å². The van der Waals surface area contributed by atoms with Crippen LogP contribution >= 0.6 is 0 Å². The second kappa shape index (κ2) is 6.51. The minimum absolute atomic E-state index is 0.615. The molecule has 1 rings (SSSR count). The molecule has 0 saturated heterocycles. The standard InChI is InChI=1S/C13H23N3/c1-4-16(10-9-15(2)3)13-7-5-12(11-14)6-8-13/h5-8H,4,9-11,14H2,1-3H3. The molecule has 0 aliphatic heterocycles. The Bertz CT molecular complexity index is 293. The van der Waals surface area contributed by atoms with Crippen LogP contribution < -0.4 is 10.6 Å². The Balaban J connectivity index is 2.63. The van der Waals surface area contributed by atoms with Gasteiger partial charge in [-0.2, -0.15) is 0 Å². The Morgan fingerprint density at radius 1 is 1.06 bits per heavy atom. The summed E-state index contributed by atoms with van der Waals surface area (Å²) in [7, 11) is 4.21. The second-order valence-corrected chi connectivity index (χ2v) is 4.25. The van der Waals surface area contributed by atoms with Gasteiger partial charge in [0.1, 0.15) is 0 Å². The molecule has 3 heteroatoms. The lowest BCUT2D eigenvalue weighted by atomic mass is 10.2. The molecule has 0 spiro atoms. The number of rotatable bonds is 6. The molecule has 3 nitrogen and oxygen atoms in total. The fourth-order valence-electron chi connectivity index (χ4n) is 1.63. The van der Waals surface area contributed by atoms with E-state index in [-0.39, 0.29) is 0 Å². The molecule has 0 saturated carbocycles. The lowest BCUT2D eigenvalue weighted by molar-refractivity contribution is 0.414. The molecule has 0 atom stereocenters. The zero-order chi connectivity index (χ0) is 12.0. The van der Waals surface area contributed by atoms with Crippen LogP contribution in [0.2, 0.25) is 0 Å². The van der Waals surface area contributed by atoms with Gasteiger partial charge in [0.2, 0.25) is 0 Å². The fraction of sp³-hybridized carbons (Fsp3) is 0.538. The van der Waals surface area contributed by atoms with Gasteiger partial charge in [-0.3, -0.25) is 0 Å². The molecule has 0 fully saturated rings. The highest BCUT2D eigenvalue weighted by Gasteiger charge is 2.04. The predicted molar refractivity (Wildman–Crippen MR) is 70.8 cm³/mol. The van der Waals surface area contributed by atoms with Crippen molar-refractivity contribution in [2.24, 2.45) is 5.73 Å². The molecule has 2 N–H and O–H groups in total. The number of hydrogen-bond acceptors (Lipinski definition) is 3. The van der Waals surface area contributed by atoms with Crippen LogP contribution in [0.15, 0.2) is 24.3 Å². The van der Waals surface area contributed by atoms with Crippen LogP contribution in [0.4, 0.5) is 5.69 Å². The SMILES string of the molecule is CCN(CCN(C)C)c1ccc(CN)cc1. The Kier molecular flexibility index (Phi) is 5.29. The highest BCUT2D eigenvalue weighted by Crippen LogP contribution is 2.14. The molecule has 0 heterocycles. The van der Waals surface area contributed by atoms with Gasteiger partial charge >= 0.3 is 0 Å². The minimum Gasteiger partial charge on any atom is -0.371 e. The first-order valence-electron chi connectivity index (χ1n) is 5.86. The summed E-state index contributed by atoms with van der Waals surface area (Å²) in [6.45, 7) is 5.98. The van der Waals surface area contributed by atoms with Crippen molar-refractivity contribution in [3.63, 3.8) is 0 Å². The van der Waals surface area contributed by atoms with Gasteiger partial charge in [-0.25, -0.2) is 0 Å². The molecule has 1 aromatic rings. The molecular weight excluding hydrogens is 198 g/mol. The van der Waals surface area contributed by atoms with E-state index in [4.69, 9.17) is 5.73 Å². The molecule has 1 aromatic carbocycles. The summed E-state index contributed by atoms with van der Waals surface area (Å²) < 4.78 is 0. The first kappa shape index (κ1) is 13.0. The van der Waals surface area contributed by atoms with Crippen LogP contribution in [-0.2, 0) is 6.54 Å². The lowest BCUT2D eigenvalue weighted by Gasteiger charge is -2.25. The van der Waals surface area contributed by atoms with Crippen LogP contribution in [-0.4, -0.2) is 38.6 Å². The zero-order valence-corrected chi connectivity index (χ0v) is 10.6. The highest BCUT2D eigenvalue weighted by atomic mass is 15.2. The molecule has 0 aromatic heterocycles. The molecular formula is C13H23N3. The second-order valence-electron chi connectivity index (χ2n) is 4.25. The molecule has 0 aliphatic rings. The average Bonchev–Trinajstić information content (AvgIpc) is 2.30. The molecule has 0 bridgehead atoms. The molecule has 0 aliphatic carbocycles. The molecule has 0 radical (unpaired) electrons. The third-order valence-corrected chi connectivity index (χ3v) is 2.74. The fourth-order valence-corrected chi connectivity index (χ4v) is 1.63. The van der Waals surface area contributed by atoms with E-state index in [9.17, 15) is 0 Å². The van der Waals surface area contributed by atoms with E-state index in [1.165, 1.54) is 11.3 Å². The lowest BCUT2D eigenvalue weighted by Crippen LogP contribution is -2.31. The van der Waals surface area contributed by atoms with Crippen LogP contribution in [0.5, 0.6) is 0 Å². The van der Waals surface area contributed by atoms with E-state index in [0.717, 1.165) is 19.6 Å². The summed E-state index contributed by atoms with van der Waals surface area (Å²) in [6.07, 6.45) is 0. The van der Waals surface area contributed by atoms with Crippen molar-refractivity contribution < 1.29 is 0 Å². The van der Waals surface area contributed by atoms with Crippen molar-refractivity contribution in [1.29, 1.82) is 0 Å². The van der Waals surface area contributed by atoms with Gasteiger partial charge < -0.3 is 15.5 Å². The average molecular weight is 221 g/mol. The summed E-state index contributed by atoms with van der Waals surface area (Å²) >= 11 is 0. The van der Waals surface area contributed by atoms with Gasteiger partial charge in [0.05, 0.1) is 0 Å². The number of nitrogens with two attached hydrogens (primary N) is 1. The topological polar surface area (TPSA) is 32.5 Å². The number of anilines is 1. The van der Waals surface area contributed by atoms with Gasteiger partial charge in [-0.05, 0) is 38.7 Å². The Morgan fingerprint density at radius 3 is 2.12 bits per heavy atom. The minimum atomic E-state index is 0.615. The van der Waals surface area contributed by atoms with Crippen molar-refractivity contribution in [2.45, 2.75) is 13.5 Å². The van der Waals surface area contributed by atoms with E-state index in [0.29, 0.717) is 6.54 Å². The van der Waals surface area contributed by atoms with Gasteiger partial charge in [0, 0.05) is 31.9 Å². The van der Waals surface area contributed by atoms with Crippen molar-refractivity contribution in [3.05, 3.63) is 29.8 Å². The van der Waals surface area contributed by atoms with Gasteiger partial charge in [-0.15, -0.1) is 0 Å². The maximum absolute atomic E-state index is 5.59. The van der Waals surface area contributed by atoms with Crippen LogP contribution in [0.1, 0.15) is 12.5 Å². The van der Waals surface area contributed by atoms with E-state index in [1.54, 1.807) is 0 Å². The smallest absolute Gasteiger partial charge is 0.0366 e. The summed E-state index contributed by atoms with van der Waals surface area (Å²) in [5.74, 6) is 0. The number of likely N-dealkylation sites (N-methyl/N-ethyl adjacent to an activating group) is 2. The third-order valence-electron chi connectivity index (χ3n) is 2.74. The molecule has 90 valence electrons. The summed E-state index contributed by atoms with van der Waals surface area (Å²) in [4.78, 5) is 4.58. The summed E-state index contributed by atoms with van der Waals surface area (Å²) in [5, 5.41) is 0. The first-order chi connectivity index (χ1) is 7.67. The van der Waals surface area contributed by atoms with Crippen molar-refractivity contribution >= 4 is 5.69 Å². The quantitative estimate of drug-likeness (QED) is 0.791. The van der Waals surface area contributed by atoms with Crippen molar-refractivity contribution in [2.75, 3.05) is 38.6 Å². The third kappa shape index (κ3) is 3.83. The maximum atomic E-state index is 5.59. The molecule has 0 amide bonds. The molecule has 16 heavy (non-hydrogen) atoms. The zero-order valence-electron chi connectivity index (χ0n) is 10.6. The summed E-state index contributed by atoms with van der Waals surface area (Å²) in [6, 6.07) is 8.52. The van der Waals surface area contributed by atoms with Gasteiger partial charge in [0.25, 0.3) is 0 Å². The first-order valence-corrected chi connectivity index (χ1v) is 5.86. The monoisotopic (exact) mass is 221 g/mol. The predicted octanol–water partition coefficient (Wildman–Crippen LogP) is 1.53.